The molecule has 0 spiro atoms. The van der Waals surface area contributed by atoms with Crippen LogP contribution in [-0.2, 0) is 15.8 Å². The van der Waals surface area contributed by atoms with Gasteiger partial charge in [-0.25, -0.2) is 4.79 Å². The summed E-state index contributed by atoms with van der Waals surface area (Å²) in [5, 5.41) is 5.44. The van der Waals surface area contributed by atoms with Gasteiger partial charge in [0, 0.05) is 6.54 Å². The van der Waals surface area contributed by atoms with E-state index >= 15 is 0 Å². The van der Waals surface area contributed by atoms with E-state index in [1.807, 2.05) is 30.3 Å². The first-order valence-electron chi connectivity index (χ1n) is 14.1. The summed E-state index contributed by atoms with van der Waals surface area (Å²) in [6.45, 7) is 12.3. The van der Waals surface area contributed by atoms with Crippen molar-refractivity contribution in [3.63, 3.8) is 0 Å². The molecule has 0 radical (unpaired) electrons. The molecule has 3 aromatic rings. The van der Waals surface area contributed by atoms with Gasteiger partial charge in [0.1, 0.15) is 6.61 Å². The number of carbonyl (C=O) groups excluding carboxylic acids is 1. The highest BCUT2D eigenvalue weighted by Gasteiger charge is 2.52. The molecule has 1 atom stereocenters. The minimum Gasteiger partial charge on any atom is -0.445 e. The summed E-state index contributed by atoms with van der Waals surface area (Å²) in [6, 6.07) is 31.4. The van der Waals surface area contributed by atoms with Gasteiger partial charge in [-0.15, -0.1) is 0 Å². The third-order valence-electron chi connectivity index (χ3n) is 7.67. The Morgan fingerprint density at radius 3 is 1.97 bits per heavy atom. The van der Waals surface area contributed by atoms with Crippen molar-refractivity contribution < 1.29 is 14.0 Å². The van der Waals surface area contributed by atoms with Crippen LogP contribution in [0.3, 0.4) is 0 Å². The molecular weight excluding hydrogens is 498 g/mol. The third-order valence-corrected chi connectivity index (χ3v) is 12.7. The van der Waals surface area contributed by atoms with Gasteiger partial charge in [-0.05, 0) is 51.2 Å². The van der Waals surface area contributed by atoms with Crippen LogP contribution in [0.25, 0.3) is 0 Å². The van der Waals surface area contributed by atoms with E-state index in [1.54, 1.807) is 0 Å². The molecule has 4 rings (SSSR count). The minimum absolute atomic E-state index is 0.00790. The van der Waals surface area contributed by atoms with Gasteiger partial charge >= 0.3 is 6.09 Å². The minimum atomic E-state index is -2.69. The van der Waals surface area contributed by atoms with Crippen LogP contribution in [0.2, 0.25) is 5.04 Å². The topological polar surface area (TPSA) is 47.6 Å². The largest absolute Gasteiger partial charge is 0.445 e. The van der Waals surface area contributed by atoms with Crippen LogP contribution in [0.4, 0.5) is 4.79 Å². The molecule has 0 unspecified atom stereocenters. The highest BCUT2D eigenvalue weighted by atomic mass is 28.4. The number of ether oxygens (including phenoxy) is 1. The van der Waals surface area contributed by atoms with E-state index in [2.05, 4.69) is 107 Å². The van der Waals surface area contributed by atoms with Gasteiger partial charge in [0.25, 0.3) is 8.32 Å². The molecule has 39 heavy (non-hydrogen) atoms. The average Bonchev–Trinajstić information content (AvgIpc) is 2.92. The smallest absolute Gasteiger partial charge is 0.407 e. The summed E-state index contributed by atoms with van der Waals surface area (Å²) in [7, 11) is -2.69. The number of hydrogen-bond acceptors (Lipinski definition) is 3. The van der Waals surface area contributed by atoms with Crippen LogP contribution < -0.4 is 15.7 Å². The molecule has 0 heterocycles. The lowest BCUT2D eigenvalue weighted by atomic mass is 9.77. The lowest BCUT2D eigenvalue weighted by molar-refractivity contribution is 0.139. The van der Waals surface area contributed by atoms with Gasteiger partial charge in [0.05, 0.1) is 6.10 Å². The van der Waals surface area contributed by atoms with Gasteiger partial charge in [0.2, 0.25) is 0 Å². The molecule has 206 valence electrons. The maximum Gasteiger partial charge on any atom is 0.407 e. The molecule has 0 aliphatic heterocycles. The van der Waals surface area contributed by atoms with Gasteiger partial charge in [-0.2, -0.15) is 0 Å². The number of nitrogens with one attached hydrogen (secondary N) is 1. The quantitative estimate of drug-likeness (QED) is 0.234. The Hall–Kier alpha value is -3.15. The van der Waals surface area contributed by atoms with Crippen molar-refractivity contribution >= 4 is 24.8 Å². The normalized spacial score (nSPS) is 17.3. The van der Waals surface area contributed by atoms with Crippen molar-refractivity contribution in [2.45, 2.75) is 71.6 Å². The number of rotatable bonds is 9. The zero-order valence-corrected chi connectivity index (χ0v) is 25.1. The van der Waals surface area contributed by atoms with E-state index in [-0.39, 0.29) is 29.3 Å². The summed E-state index contributed by atoms with van der Waals surface area (Å²) in [5.41, 5.74) is 2.33. The van der Waals surface area contributed by atoms with Crippen LogP contribution in [0, 0.1) is 5.41 Å². The molecule has 3 aromatic carbocycles. The summed E-state index contributed by atoms with van der Waals surface area (Å²) < 4.78 is 12.9. The fraction of sp³-hybridized carbons (Fsp3) is 0.382. The highest BCUT2D eigenvalue weighted by Crippen LogP contribution is 2.42. The molecule has 0 fully saturated rings. The van der Waals surface area contributed by atoms with E-state index in [0.717, 1.165) is 24.8 Å². The first kappa shape index (κ1) is 28.8. The van der Waals surface area contributed by atoms with Crippen molar-refractivity contribution in [2.75, 3.05) is 6.54 Å². The zero-order valence-electron chi connectivity index (χ0n) is 24.1. The summed E-state index contributed by atoms with van der Waals surface area (Å²) in [6.07, 6.45) is 4.74. The lowest BCUT2D eigenvalue weighted by Crippen LogP contribution is -2.68. The zero-order chi connectivity index (χ0) is 27.9. The van der Waals surface area contributed by atoms with Crippen molar-refractivity contribution in [1.29, 1.82) is 0 Å². The maximum atomic E-state index is 12.4. The van der Waals surface area contributed by atoms with E-state index in [0.29, 0.717) is 6.54 Å². The fourth-order valence-corrected chi connectivity index (χ4v) is 10.4. The van der Waals surface area contributed by atoms with E-state index in [9.17, 15) is 4.79 Å². The second-order valence-corrected chi connectivity index (χ2v) is 16.5. The molecule has 0 saturated heterocycles. The van der Waals surface area contributed by atoms with Gasteiger partial charge < -0.3 is 14.5 Å². The SMILES string of the molecule is CC1(C)C=C(CCNC(=O)OCc2ccccc2)[C@H](O[Si](c2ccccc2)(c2ccccc2)C(C)(C)C)CC1. The van der Waals surface area contributed by atoms with Crippen molar-refractivity contribution in [3.8, 4) is 0 Å². The Kier molecular flexibility index (Phi) is 9.14. The molecular formula is C34H43NO3Si. The fourth-order valence-electron chi connectivity index (χ4n) is 5.71. The number of benzene rings is 3. The predicted molar refractivity (Wildman–Crippen MR) is 163 cm³/mol. The number of hydrogen-bond donors (Lipinski definition) is 1. The van der Waals surface area contributed by atoms with E-state index in [1.165, 1.54) is 15.9 Å². The van der Waals surface area contributed by atoms with Gasteiger partial charge in [-0.3, -0.25) is 0 Å². The molecule has 1 amide bonds. The Bertz CT molecular complexity index is 1190. The molecule has 0 saturated carbocycles. The number of carbonyl (C=O) groups is 1. The van der Waals surface area contributed by atoms with Crippen LogP contribution in [0.15, 0.2) is 103 Å². The number of allylic oxidation sites excluding steroid dienone is 1. The average molecular weight is 542 g/mol. The summed E-state index contributed by atoms with van der Waals surface area (Å²) in [4.78, 5) is 12.4. The standard InChI is InChI=1S/C34H43NO3Si/c1-33(2,3)39(29-17-11-7-12-18-29,30-19-13-8-14-20-30)38-31-21-23-34(4,5)25-28(31)22-24-35-32(36)37-26-27-15-9-6-10-16-27/h6-20,25,31H,21-24,26H2,1-5H3,(H,35,36)/t31-/m1/s1. The van der Waals surface area contributed by atoms with Crippen molar-refractivity contribution in [1.82, 2.24) is 5.32 Å². The number of alkyl carbamates (subject to hydrolysis) is 1. The molecule has 1 aliphatic rings. The van der Waals surface area contributed by atoms with Crippen LogP contribution >= 0.6 is 0 Å². The van der Waals surface area contributed by atoms with Crippen molar-refractivity contribution in [2.24, 2.45) is 5.41 Å². The monoisotopic (exact) mass is 541 g/mol. The van der Waals surface area contributed by atoms with Crippen LogP contribution in [0.5, 0.6) is 0 Å². The molecule has 4 nitrogen and oxygen atoms in total. The molecule has 5 heteroatoms. The van der Waals surface area contributed by atoms with Gasteiger partial charge in [0.15, 0.2) is 0 Å². The Morgan fingerprint density at radius 1 is 0.897 bits per heavy atom. The summed E-state index contributed by atoms with van der Waals surface area (Å²) >= 11 is 0. The first-order chi connectivity index (χ1) is 18.6. The lowest BCUT2D eigenvalue weighted by Gasteiger charge is -2.47. The molecule has 1 N–H and O–H groups in total. The summed E-state index contributed by atoms with van der Waals surface area (Å²) in [5.74, 6) is 0. The van der Waals surface area contributed by atoms with Gasteiger partial charge in [-0.1, -0.05) is 132 Å². The molecule has 1 aliphatic carbocycles. The second-order valence-electron chi connectivity index (χ2n) is 12.3. The molecule has 0 aromatic heterocycles. The van der Waals surface area contributed by atoms with E-state index < -0.39 is 8.32 Å². The van der Waals surface area contributed by atoms with E-state index in [4.69, 9.17) is 9.16 Å². The maximum absolute atomic E-state index is 12.4. The third kappa shape index (κ3) is 7.08. The highest BCUT2D eigenvalue weighted by molar-refractivity contribution is 6.99. The van der Waals surface area contributed by atoms with Crippen LogP contribution in [-0.4, -0.2) is 27.1 Å². The first-order valence-corrected chi connectivity index (χ1v) is 16.0. The molecule has 0 bridgehead atoms. The number of amides is 1. The van der Waals surface area contributed by atoms with Crippen LogP contribution in [0.1, 0.15) is 59.4 Å². The Labute approximate surface area is 235 Å². The van der Waals surface area contributed by atoms with Crippen molar-refractivity contribution in [3.05, 3.63) is 108 Å². The second kappa shape index (κ2) is 12.4. The Balaban J connectivity index is 1.56. The predicted octanol–water partition coefficient (Wildman–Crippen LogP) is 6.99. The Morgan fingerprint density at radius 2 is 1.44 bits per heavy atom.